The number of hydrazine groups is 1. The fourth-order valence-corrected chi connectivity index (χ4v) is 4.32. The zero-order valence-electron chi connectivity index (χ0n) is 20.9. The van der Waals surface area contributed by atoms with E-state index >= 15 is 0 Å². The van der Waals surface area contributed by atoms with Crippen LogP contribution in [0.2, 0.25) is 0 Å². The Labute approximate surface area is 211 Å². The molecule has 2 aromatic carbocycles. The Hall–Kier alpha value is -3.68. The molecule has 1 saturated carbocycles. The first-order valence-corrected chi connectivity index (χ1v) is 12.4. The summed E-state index contributed by atoms with van der Waals surface area (Å²) < 4.78 is 10.8. The molecule has 1 fully saturated rings. The molecule has 1 aliphatic rings. The molecule has 0 spiro atoms. The van der Waals surface area contributed by atoms with Gasteiger partial charge in [0.2, 0.25) is 0 Å². The van der Waals surface area contributed by atoms with Crippen LogP contribution < -0.4 is 5.43 Å². The van der Waals surface area contributed by atoms with Gasteiger partial charge < -0.3 is 9.47 Å². The number of carbonyl (C=O) groups is 4. The third-order valence-electron chi connectivity index (χ3n) is 6.56. The van der Waals surface area contributed by atoms with E-state index in [1.165, 1.54) is 0 Å². The maximum Gasteiger partial charge on any atom is 0.430 e. The predicted molar refractivity (Wildman–Crippen MR) is 134 cm³/mol. The number of nitrogens with zero attached hydrogens (tertiary/aromatic N) is 1. The minimum atomic E-state index is -1.86. The van der Waals surface area contributed by atoms with Gasteiger partial charge in [-0.25, -0.2) is 15.0 Å². The molecule has 2 amide bonds. The molecule has 0 aromatic heterocycles. The van der Waals surface area contributed by atoms with E-state index < -0.39 is 35.2 Å². The second-order valence-electron chi connectivity index (χ2n) is 9.07. The van der Waals surface area contributed by atoms with E-state index in [1.807, 2.05) is 43.3 Å². The van der Waals surface area contributed by atoms with E-state index in [2.05, 4.69) is 5.43 Å². The van der Waals surface area contributed by atoms with Crippen LogP contribution in [0.3, 0.4) is 0 Å². The Morgan fingerprint density at radius 3 is 2.08 bits per heavy atom. The van der Waals surface area contributed by atoms with Crippen LogP contribution in [0.15, 0.2) is 60.7 Å². The smallest absolute Gasteiger partial charge is 0.430 e. The van der Waals surface area contributed by atoms with Gasteiger partial charge in [-0.3, -0.25) is 9.59 Å². The first-order chi connectivity index (χ1) is 17.4. The summed E-state index contributed by atoms with van der Waals surface area (Å²) in [5.41, 5.74) is 2.03. The summed E-state index contributed by atoms with van der Waals surface area (Å²) in [5.74, 6) is -1.30. The number of nitrogens with one attached hydrogen (secondary N) is 1. The third-order valence-corrected chi connectivity index (χ3v) is 6.56. The van der Waals surface area contributed by atoms with Gasteiger partial charge >= 0.3 is 12.2 Å². The standard InChI is InChI=1S/C28H34N2O6/c1-3-21(2)25(32)28(18-12-6-11-17-24(28)31)30(27(34)36-20-23-15-9-5-10-16-23)29-26(33)35-19-22-13-7-4-8-14-22/h4-5,7-10,13-16,21H,3,6,11-12,17-20H2,1-2H3,(H,29,33)/t21?,28-/m1/s1. The Bertz CT molecular complexity index is 1040. The van der Waals surface area contributed by atoms with Gasteiger partial charge in [0, 0.05) is 12.3 Å². The molecule has 8 nitrogen and oxygen atoms in total. The molecule has 1 unspecified atom stereocenters. The van der Waals surface area contributed by atoms with Crippen LogP contribution in [0.5, 0.6) is 0 Å². The van der Waals surface area contributed by atoms with Gasteiger partial charge in [-0.15, -0.1) is 0 Å². The molecule has 192 valence electrons. The minimum Gasteiger partial charge on any atom is -0.443 e. The zero-order chi connectivity index (χ0) is 26.0. The molecule has 0 bridgehead atoms. The van der Waals surface area contributed by atoms with Crippen molar-refractivity contribution in [1.29, 1.82) is 0 Å². The molecule has 2 aromatic rings. The van der Waals surface area contributed by atoms with Crippen molar-refractivity contribution in [2.75, 3.05) is 0 Å². The van der Waals surface area contributed by atoms with Crippen molar-refractivity contribution in [2.45, 2.75) is 71.1 Å². The van der Waals surface area contributed by atoms with Gasteiger partial charge in [0.15, 0.2) is 17.1 Å². The largest absolute Gasteiger partial charge is 0.443 e. The number of Topliss-reactive ketones (excluding diaryl/α,β-unsaturated/α-hetero) is 2. The summed E-state index contributed by atoms with van der Waals surface area (Å²) in [6, 6.07) is 18.1. The summed E-state index contributed by atoms with van der Waals surface area (Å²) >= 11 is 0. The highest BCUT2D eigenvalue weighted by Crippen LogP contribution is 2.34. The zero-order valence-corrected chi connectivity index (χ0v) is 20.9. The molecular weight excluding hydrogens is 460 g/mol. The highest BCUT2D eigenvalue weighted by atomic mass is 16.6. The van der Waals surface area contributed by atoms with Gasteiger partial charge in [0.05, 0.1) is 0 Å². The highest BCUT2D eigenvalue weighted by Gasteiger charge is 2.55. The molecular formula is C28H34N2O6. The molecule has 0 heterocycles. The predicted octanol–water partition coefficient (Wildman–Crippen LogP) is 5.35. The van der Waals surface area contributed by atoms with Gasteiger partial charge in [0.1, 0.15) is 13.2 Å². The van der Waals surface area contributed by atoms with E-state index in [9.17, 15) is 19.2 Å². The number of hydrogen-bond acceptors (Lipinski definition) is 6. The van der Waals surface area contributed by atoms with Gasteiger partial charge in [-0.05, 0) is 30.4 Å². The second kappa shape index (κ2) is 12.9. The lowest BCUT2D eigenvalue weighted by atomic mass is 9.78. The number of carbonyl (C=O) groups excluding carboxylic acids is 4. The fourth-order valence-electron chi connectivity index (χ4n) is 4.32. The van der Waals surface area contributed by atoms with E-state index in [0.717, 1.165) is 22.6 Å². The molecule has 1 aliphatic carbocycles. The van der Waals surface area contributed by atoms with Crippen LogP contribution in [-0.4, -0.2) is 34.3 Å². The van der Waals surface area contributed by atoms with Gasteiger partial charge in [-0.2, -0.15) is 5.01 Å². The summed E-state index contributed by atoms with van der Waals surface area (Å²) in [6.07, 6.45) is 0.689. The Kier molecular flexibility index (Phi) is 9.61. The van der Waals surface area contributed by atoms with Crippen LogP contribution in [-0.2, 0) is 32.3 Å². The monoisotopic (exact) mass is 494 g/mol. The van der Waals surface area contributed by atoms with Crippen molar-refractivity contribution >= 4 is 23.8 Å². The van der Waals surface area contributed by atoms with Gasteiger partial charge in [0.25, 0.3) is 0 Å². The number of ketones is 2. The van der Waals surface area contributed by atoms with E-state index in [-0.39, 0.29) is 26.1 Å². The van der Waals surface area contributed by atoms with Crippen LogP contribution >= 0.6 is 0 Å². The average Bonchev–Trinajstić information content (AvgIpc) is 3.11. The molecule has 0 radical (unpaired) electrons. The quantitative estimate of drug-likeness (QED) is 0.301. The summed E-state index contributed by atoms with van der Waals surface area (Å²) in [6.45, 7) is 3.44. The SMILES string of the molecule is CCC(C)C(=O)[C@@]1(N(NC(=O)OCc2ccccc2)C(=O)OCc2ccccc2)CCCCCC1=O. The first-order valence-electron chi connectivity index (χ1n) is 12.4. The van der Waals surface area contributed by atoms with Crippen molar-refractivity contribution in [3.8, 4) is 0 Å². The summed E-state index contributed by atoms with van der Waals surface area (Å²) in [5, 5.41) is 0.797. The highest BCUT2D eigenvalue weighted by molar-refractivity contribution is 6.14. The Balaban J connectivity index is 1.91. The number of ether oxygens (including phenoxy) is 2. The molecule has 3 rings (SSSR count). The Morgan fingerprint density at radius 2 is 1.50 bits per heavy atom. The molecule has 0 aliphatic heterocycles. The third kappa shape index (κ3) is 6.50. The van der Waals surface area contributed by atoms with Crippen LogP contribution in [0.1, 0.15) is 63.5 Å². The lowest BCUT2D eigenvalue weighted by Gasteiger charge is -2.40. The lowest BCUT2D eigenvalue weighted by Crippen LogP contribution is -2.68. The summed E-state index contributed by atoms with van der Waals surface area (Å²) in [4.78, 5) is 53.5. The maximum atomic E-state index is 13.7. The normalized spacial score (nSPS) is 18.4. The van der Waals surface area contributed by atoms with Crippen molar-refractivity contribution in [1.82, 2.24) is 10.4 Å². The van der Waals surface area contributed by atoms with E-state index in [0.29, 0.717) is 19.3 Å². The van der Waals surface area contributed by atoms with Gasteiger partial charge in [-0.1, -0.05) is 87.4 Å². The molecule has 0 saturated heterocycles. The Morgan fingerprint density at radius 1 is 0.917 bits per heavy atom. The second-order valence-corrected chi connectivity index (χ2v) is 9.07. The van der Waals surface area contributed by atoms with E-state index in [1.54, 1.807) is 31.2 Å². The van der Waals surface area contributed by atoms with Crippen LogP contribution in [0.25, 0.3) is 0 Å². The topological polar surface area (TPSA) is 102 Å². The first kappa shape index (κ1) is 26.9. The number of hydrogen-bond donors (Lipinski definition) is 1. The lowest BCUT2D eigenvalue weighted by molar-refractivity contribution is -0.147. The number of amides is 2. The molecule has 36 heavy (non-hydrogen) atoms. The number of rotatable bonds is 8. The summed E-state index contributed by atoms with van der Waals surface area (Å²) in [7, 11) is 0. The van der Waals surface area contributed by atoms with E-state index in [4.69, 9.17) is 9.47 Å². The van der Waals surface area contributed by atoms with Crippen molar-refractivity contribution in [3.05, 3.63) is 71.8 Å². The van der Waals surface area contributed by atoms with Crippen molar-refractivity contribution in [3.63, 3.8) is 0 Å². The fraction of sp³-hybridized carbons (Fsp3) is 0.429. The maximum absolute atomic E-state index is 13.7. The van der Waals surface area contributed by atoms with Crippen LogP contribution in [0, 0.1) is 5.92 Å². The van der Waals surface area contributed by atoms with Crippen molar-refractivity contribution < 1.29 is 28.7 Å². The molecule has 2 atom stereocenters. The molecule has 1 N–H and O–H groups in total. The minimum absolute atomic E-state index is 0.0418. The number of benzene rings is 2. The van der Waals surface area contributed by atoms with Crippen molar-refractivity contribution in [2.24, 2.45) is 5.92 Å². The average molecular weight is 495 g/mol. The van der Waals surface area contributed by atoms with Crippen LogP contribution in [0.4, 0.5) is 9.59 Å². The molecule has 8 heteroatoms.